The molecule has 1 nitrogen and oxygen atoms in total. The third kappa shape index (κ3) is 2.46. The normalized spacial score (nSPS) is 9.64. The number of rotatable bonds is 3. The van der Waals surface area contributed by atoms with Crippen molar-refractivity contribution in [3.63, 3.8) is 0 Å². The standard InChI is InChI=1S/C9H11OS/c1-3-10-8-4-6-9(11-2)7-5-8/h4-7H,2-3H2,1H3. The van der Waals surface area contributed by atoms with Gasteiger partial charge in [0.15, 0.2) is 0 Å². The van der Waals surface area contributed by atoms with Crippen molar-refractivity contribution in [2.45, 2.75) is 11.8 Å². The van der Waals surface area contributed by atoms with Gasteiger partial charge in [0, 0.05) is 11.2 Å². The summed E-state index contributed by atoms with van der Waals surface area (Å²) in [6, 6.07) is 7.92. The molecule has 0 atom stereocenters. The highest BCUT2D eigenvalue weighted by atomic mass is 32.2. The molecule has 1 rings (SSSR count). The topological polar surface area (TPSA) is 9.23 Å². The summed E-state index contributed by atoms with van der Waals surface area (Å²) < 4.78 is 5.28. The first-order valence-corrected chi connectivity index (χ1v) is 4.50. The smallest absolute Gasteiger partial charge is 0.119 e. The van der Waals surface area contributed by atoms with Gasteiger partial charge < -0.3 is 4.74 Å². The molecule has 0 unspecified atom stereocenters. The second kappa shape index (κ2) is 4.29. The molecule has 0 heterocycles. The Morgan fingerprint density at radius 1 is 1.36 bits per heavy atom. The Labute approximate surface area is 71.8 Å². The molecule has 0 N–H and O–H groups in total. The zero-order chi connectivity index (χ0) is 8.10. The van der Waals surface area contributed by atoms with Crippen LogP contribution in [0, 0.1) is 6.26 Å². The van der Waals surface area contributed by atoms with E-state index in [2.05, 4.69) is 6.26 Å². The monoisotopic (exact) mass is 167 g/mol. The number of hydrogen-bond acceptors (Lipinski definition) is 2. The van der Waals surface area contributed by atoms with Crippen LogP contribution in [0.2, 0.25) is 0 Å². The molecular formula is C9H11OS. The van der Waals surface area contributed by atoms with Crippen LogP contribution in [-0.2, 0) is 0 Å². The predicted molar refractivity (Wildman–Crippen MR) is 48.8 cm³/mol. The van der Waals surface area contributed by atoms with Crippen LogP contribution in [0.15, 0.2) is 29.2 Å². The van der Waals surface area contributed by atoms with E-state index in [1.807, 2.05) is 31.2 Å². The van der Waals surface area contributed by atoms with Gasteiger partial charge in [0.05, 0.1) is 6.61 Å². The van der Waals surface area contributed by atoms with E-state index in [4.69, 9.17) is 4.74 Å². The Balaban J connectivity index is 2.66. The summed E-state index contributed by atoms with van der Waals surface area (Å²) in [4.78, 5) is 1.16. The van der Waals surface area contributed by atoms with Crippen LogP contribution in [0.1, 0.15) is 6.92 Å². The first kappa shape index (κ1) is 8.47. The lowest BCUT2D eigenvalue weighted by atomic mass is 10.3. The summed E-state index contributed by atoms with van der Waals surface area (Å²) in [5.41, 5.74) is 0. The lowest BCUT2D eigenvalue weighted by Crippen LogP contribution is -1.89. The molecular weight excluding hydrogens is 156 g/mol. The summed E-state index contributed by atoms with van der Waals surface area (Å²) in [6.07, 6.45) is 3.71. The van der Waals surface area contributed by atoms with Crippen molar-refractivity contribution in [2.75, 3.05) is 6.61 Å². The Morgan fingerprint density at radius 3 is 2.45 bits per heavy atom. The van der Waals surface area contributed by atoms with Crippen molar-refractivity contribution in [3.05, 3.63) is 30.5 Å². The Kier molecular flexibility index (Phi) is 3.30. The van der Waals surface area contributed by atoms with Gasteiger partial charge in [-0.05, 0) is 31.2 Å². The van der Waals surface area contributed by atoms with Gasteiger partial charge in [-0.2, -0.15) is 0 Å². The minimum atomic E-state index is 0.719. The zero-order valence-corrected chi connectivity index (χ0v) is 7.36. The summed E-state index contributed by atoms with van der Waals surface area (Å²) in [5, 5.41) is 0. The van der Waals surface area contributed by atoms with Gasteiger partial charge in [0.1, 0.15) is 5.75 Å². The molecule has 0 saturated heterocycles. The molecule has 0 spiro atoms. The minimum Gasteiger partial charge on any atom is -0.494 e. The van der Waals surface area contributed by atoms with E-state index >= 15 is 0 Å². The van der Waals surface area contributed by atoms with Crippen LogP contribution in [0.3, 0.4) is 0 Å². The Bertz CT molecular complexity index is 205. The lowest BCUT2D eigenvalue weighted by Gasteiger charge is -2.02. The van der Waals surface area contributed by atoms with Gasteiger partial charge in [0.2, 0.25) is 0 Å². The van der Waals surface area contributed by atoms with Crippen molar-refractivity contribution in [3.8, 4) is 5.75 Å². The third-order valence-corrected chi connectivity index (χ3v) is 1.91. The number of hydrogen-bond donors (Lipinski definition) is 0. The van der Waals surface area contributed by atoms with Crippen molar-refractivity contribution in [1.82, 2.24) is 0 Å². The maximum atomic E-state index is 5.28. The van der Waals surface area contributed by atoms with Crippen LogP contribution in [0.5, 0.6) is 5.75 Å². The van der Waals surface area contributed by atoms with Gasteiger partial charge in [-0.1, -0.05) is 0 Å². The summed E-state index contributed by atoms with van der Waals surface area (Å²) in [5.74, 6) is 0.922. The minimum absolute atomic E-state index is 0.719. The highest BCUT2D eigenvalue weighted by Gasteiger charge is 1.91. The first-order chi connectivity index (χ1) is 5.36. The molecule has 0 aliphatic rings. The van der Waals surface area contributed by atoms with Gasteiger partial charge in [-0.15, -0.1) is 11.8 Å². The molecule has 0 aliphatic heterocycles. The average molecular weight is 167 g/mol. The van der Waals surface area contributed by atoms with Gasteiger partial charge in [-0.3, -0.25) is 0 Å². The number of thioether (sulfide) groups is 1. The van der Waals surface area contributed by atoms with Crippen LogP contribution in [0.25, 0.3) is 0 Å². The van der Waals surface area contributed by atoms with Gasteiger partial charge >= 0.3 is 0 Å². The first-order valence-electron chi connectivity index (χ1n) is 3.51. The molecule has 0 bridgehead atoms. The lowest BCUT2D eigenvalue weighted by molar-refractivity contribution is 0.340. The summed E-state index contributed by atoms with van der Waals surface area (Å²) >= 11 is 1.49. The van der Waals surface area contributed by atoms with Crippen molar-refractivity contribution in [1.29, 1.82) is 0 Å². The molecule has 0 aliphatic carbocycles. The second-order valence-corrected chi connectivity index (χ2v) is 2.81. The summed E-state index contributed by atoms with van der Waals surface area (Å²) in [6.45, 7) is 2.70. The van der Waals surface area contributed by atoms with Crippen LogP contribution in [-0.4, -0.2) is 6.61 Å². The molecule has 1 aromatic rings. The van der Waals surface area contributed by atoms with E-state index in [9.17, 15) is 0 Å². The highest BCUT2D eigenvalue weighted by Crippen LogP contribution is 2.19. The molecule has 0 aromatic heterocycles. The Morgan fingerprint density at radius 2 is 2.00 bits per heavy atom. The highest BCUT2D eigenvalue weighted by molar-refractivity contribution is 8.00. The fourth-order valence-electron chi connectivity index (χ4n) is 0.799. The third-order valence-electron chi connectivity index (χ3n) is 1.30. The molecule has 59 valence electrons. The zero-order valence-electron chi connectivity index (χ0n) is 6.54. The second-order valence-electron chi connectivity index (χ2n) is 2.05. The quantitative estimate of drug-likeness (QED) is 0.640. The van der Waals surface area contributed by atoms with Crippen molar-refractivity contribution < 1.29 is 4.74 Å². The van der Waals surface area contributed by atoms with Crippen LogP contribution in [0.4, 0.5) is 0 Å². The average Bonchev–Trinajstić information content (AvgIpc) is 2.07. The number of ether oxygens (including phenoxy) is 1. The van der Waals surface area contributed by atoms with Gasteiger partial charge in [-0.25, -0.2) is 0 Å². The van der Waals surface area contributed by atoms with E-state index in [0.717, 1.165) is 17.3 Å². The molecule has 1 radical (unpaired) electrons. The predicted octanol–water partition coefficient (Wildman–Crippen LogP) is 2.97. The molecule has 0 fully saturated rings. The maximum Gasteiger partial charge on any atom is 0.119 e. The van der Waals surface area contributed by atoms with E-state index in [1.165, 1.54) is 11.8 Å². The molecule has 0 saturated carbocycles. The van der Waals surface area contributed by atoms with Crippen molar-refractivity contribution >= 4 is 11.8 Å². The van der Waals surface area contributed by atoms with Crippen molar-refractivity contribution in [2.24, 2.45) is 0 Å². The molecule has 2 heteroatoms. The van der Waals surface area contributed by atoms with Crippen LogP contribution < -0.4 is 4.74 Å². The fourth-order valence-corrected chi connectivity index (χ4v) is 1.13. The van der Waals surface area contributed by atoms with E-state index < -0.39 is 0 Å². The molecule has 0 amide bonds. The largest absolute Gasteiger partial charge is 0.494 e. The molecule has 11 heavy (non-hydrogen) atoms. The van der Waals surface area contributed by atoms with Crippen LogP contribution >= 0.6 is 11.8 Å². The fraction of sp³-hybridized carbons (Fsp3) is 0.222. The maximum absolute atomic E-state index is 5.28. The number of benzene rings is 1. The van der Waals surface area contributed by atoms with Gasteiger partial charge in [0.25, 0.3) is 0 Å². The van der Waals surface area contributed by atoms with E-state index in [0.29, 0.717) is 0 Å². The SMILES string of the molecule is [CH2]Sc1ccc(OCC)cc1. The Hall–Kier alpha value is -0.630. The molecule has 1 aromatic carbocycles. The van der Waals surface area contributed by atoms with E-state index in [1.54, 1.807) is 0 Å². The summed E-state index contributed by atoms with van der Waals surface area (Å²) in [7, 11) is 0. The van der Waals surface area contributed by atoms with E-state index in [-0.39, 0.29) is 0 Å².